The second kappa shape index (κ2) is 12.7. The fourth-order valence-corrected chi connectivity index (χ4v) is 4.16. The molecule has 1 atom stereocenters. The molecule has 0 radical (unpaired) electrons. The molecule has 34 heavy (non-hydrogen) atoms. The van der Waals surface area contributed by atoms with E-state index in [0.717, 1.165) is 23.1 Å². The Bertz CT molecular complexity index is 999. The van der Waals surface area contributed by atoms with Crippen molar-refractivity contribution in [2.24, 2.45) is 0 Å². The number of rotatable bonds is 11. The van der Waals surface area contributed by atoms with E-state index in [1.165, 1.54) is 12.1 Å². The van der Waals surface area contributed by atoms with E-state index in [2.05, 4.69) is 5.32 Å². The van der Waals surface area contributed by atoms with Crippen molar-refractivity contribution >= 4 is 11.8 Å². The highest BCUT2D eigenvalue weighted by Crippen LogP contribution is 2.29. The molecule has 178 valence electrons. The lowest BCUT2D eigenvalue weighted by molar-refractivity contribution is -0.141. The monoisotopic (exact) mass is 460 g/mol. The van der Waals surface area contributed by atoms with Crippen LogP contribution in [-0.4, -0.2) is 29.3 Å². The number of nitrogens with one attached hydrogen (secondary N) is 1. The topological polar surface area (TPSA) is 49.4 Å². The molecule has 0 saturated heterocycles. The van der Waals surface area contributed by atoms with Crippen molar-refractivity contribution in [3.8, 4) is 0 Å². The first-order chi connectivity index (χ1) is 16.5. The molecule has 1 N–H and O–H groups in total. The van der Waals surface area contributed by atoms with E-state index in [-0.39, 0.29) is 36.5 Å². The smallest absolute Gasteiger partial charge is 0.242 e. The number of hydrogen-bond acceptors (Lipinski definition) is 2. The van der Waals surface area contributed by atoms with Gasteiger partial charge in [-0.05, 0) is 41.7 Å². The van der Waals surface area contributed by atoms with Gasteiger partial charge in [0.2, 0.25) is 11.8 Å². The predicted molar refractivity (Wildman–Crippen MR) is 134 cm³/mol. The van der Waals surface area contributed by atoms with Crippen molar-refractivity contribution in [2.75, 3.05) is 6.54 Å². The summed E-state index contributed by atoms with van der Waals surface area (Å²) in [5.41, 5.74) is 2.88. The van der Waals surface area contributed by atoms with Gasteiger partial charge in [0, 0.05) is 25.4 Å². The standard InChI is InChI=1S/C29H33FN2O2/c1-3-19-31-29(34)27(4-2)32(21-22-15-17-25(30)18-16-22)28(33)20-26(23-11-7-5-8-12-23)24-13-9-6-10-14-24/h5-18,26-27H,3-4,19-21H2,1-2H3,(H,31,34). The number of nitrogens with zero attached hydrogens (tertiary/aromatic N) is 1. The van der Waals surface area contributed by atoms with Crippen LogP contribution in [0.1, 0.15) is 55.7 Å². The van der Waals surface area contributed by atoms with Gasteiger partial charge in [-0.15, -0.1) is 0 Å². The predicted octanol–water partition coefficient (Wildman–Crippen LogP) is 5.68. The molecule has 0 heterocycles. The van der Waals surface area contributed by atoms with Crippen LogP contribution in [0.4, 0.5) is 4.39 Å². The maximum absolute atomic E-state index is 13.8. The summed E-state index contributed by atoms with van der Waals surface area (Å²) in [6, 6.07) is 25.4. The van der Waals surface area contributed by atoms with Crippen LogP contribution in [0.25, 0.3) is 0 Å². The van der Waals surface area contributed by atoms with E-state index in [4.69, 9.17) is 0 Å². The molecule has 2 amide bonds. The molecule has 0 fully saturated rings. The Morgan fingerprint density at radius 1 is 0.853 bits per heavy atom. The normalized spacial score (nSPS) is 11.8. The van der Waals surface area contributed by atoms with Crippen molar-refractivity contribution in [1.82, 2.24) is 10.2 Å². The van der Waals surface area contributed by atoms with Gasteiger partial charge < -0.3 is 10.2 Å². The van der Waals surface area contributed by atoms with Crippen LogP contribution in [0, 0.1) is 5.82 Å². The Morgan fingerprint density at radius 3 is 1.91 bits per heavy atom. The molecule has 0 aliphatic heterocycles. The lowest BCUT2D eigenvalue weighted by Gasteiger charge is -2.32. The summed E-state index contributed by atoms with van der Waals surface area (Å²) in [7, 11) is 0. The summed E-state index contributed by atoms with van der Waals surface area (Å²) in [6.45, 7) is 4.71. The Morgan fingerprint density at radius 2 is 1.41 bits per heavy atom. The third-order valence-corrected chi connectivity index (χ3v) is 5.98. The van der Waals surface area contributed by atoms with Gasteiger partial charge in [-0.1, -0.05) is 86.6 Å². The molecule has 3 rings (SSSR count). The first kappa shape index (κ1) is 25.2. The van der Waals surface area contributed by atoms with Gasteiger partial charge in [-0.25, -0.2) is 4.39 Å². The Hall–Kier alpha value is -3.47. The molecule has 0 bridgehead atoms. The van der Waals surface area contributed by atoms with Crippen molar-refractivity contribution in [3.05, 3.63) is 107 Å². The average molecular weight is 461 g/mol. The Labute approximate surface area is 201 Å². The second-order valence-corrected chi connectivity index (χ2v) is 8.44. The van der Waals surface area contributed by atoms with Gasteiger partial charge in [-0.3, -0.25) is 9.59 Å². The minimum Gasteiger partial charge on any atom is -0.354 e. The number of amides is 2. The van der Waals surface area contributed by atoms with Crippen LogP contribution < -0.4 is 5.32 Å². The summed E-state index contributed by atoms with van der Waals surface area (Å²) < 4.78 is 13.5. The number of hydrogen-bond donors (Lipinski definition) is 1. The fraction of sp³-hybridized carbons (Fsp3) is 0.310. The second-order valence-electron chi connectivity index (χ2n) is 8.44. The zero-order valence-electron chi connectivity index (χ0n) is 19.9. The maximum atomic E-state index is 13.8. The van der Waals surface area contributed by atoms with Crippen LogP contribution in [0.5, 0.6) is 0 Å². The fourth-order valence-electron chi connectivity index (χ4n) is 4.16. The molecular formula is C29H33FN2O2. The van der Waals surface area contributed by atoms with Crippen LogP contribution >= 0.6 is 0 Å². The van der Waals surface area contributed by atoms with E-state index >= 15 is 0 Å². The van der Waals surface area contributed by atoms with Gasteiger partial charge in [-0.2, -0.15) is 0 Å². The molecule has 1 unspecified atom stereocenters. The Balaban J connectivity index is 1.93. The molecule has 5 heteroatoms. The summed E-state index contributed by atoms with van der Waals surface area (Å²) in [5.74, 6) is -0.735. The molecule has 3 aromatic carbocycles. The lowest BCUT2D eigenvalue weighted by atomic mass is 9.88. The molecule has 3 aromatic rings. The van der Waals surface area contributed by atoms with Crippen molar-refractivity contribution in [3.63, 3.8) is 0 Å². The molecular weight excluding hydrogens is 427 g/mol. The molecule has 0 aromatic heterocycles. The van der Waals surface area contributed by atoms with Crippen LogP contribution in [0.2, 0.25) is 0 Å². The van der Waals surface area contributed by atoms with Crippen molar-refractivity contribution in [1.29, 1.82) is 0 Å². The van der Waals surface area contributed by atoms with E-state index < -0.39 is 6.04 Å². The Kier molecular flexibility index (Phi) is 9.39. The van der Waals surface area contributed by atoms with Gasteiger partial charge in [0.25, 0.3) is 0 Å². The quantitative estimate of drug-likeness (QED) is 0.400. The molecule has 0 aliphatic rings. The first-order valence-corrected chi connectivity index (χ1v) is 11.9. The minimum atomic E-state index is -0.601. The molecule has 4 nitrogen and oxygen atoms in total. The highest BCUT2D eigenvalue weighted by Gasteiger charge is 2.30. The zero-order chi connectivity index (χ0) is 24.3. The molecule has 0 aliphatic carbocycles. The van der Waals surface area contributed by atoms with Crippen LogP contribution in [0.15, 0.2) is 84.9 Å². The third kappa shape index (κ3) is 6.77. The van der Waals surface area contributed by atoms with E-state index in [1.54, 1.807) is 17.0 Å². The SMILES string of the molecule is CCCNC(=O)C(CC)N(Cc1ccc(F)cc1)C(=O)CC(c1ccccc1)c1ccccc1. The van der Waals surface area contributed by atoms with Gasteiger partial charge >= 0.3 is 0 Å². The van der Waals surface area contributed by atoms with Crippen molar-refractivity contribution < 1.29 is 14.0 Å². The average Bonchev–Trinajstić information content (AvgIpc) is 2.88. The minimum absolute atomic E-state index is 0.111. The first-order valence-electron chi connectivity index (χ1n) is 11.9. The van der Waals surface area contributed by atoms with E-state index in [1.807, 2.05) is 74.5 Å². The van der Waals surface area contributed by atoms with Crippen LogP contribution in [0.3, 0.4) is 0 Å². The number of carbonyl (C=O) groups is 2. The van der Waals surface area contributed by atoms with Crippen LogP contribution in [-0.2, 0) is 16.1 Å². The van der Waals surface area contributed by atoms with Gasteiger partial charge in [0.05, 0.1) is 0 Å². The highest BCUT2D eigenvalue weighted by atomic mass is 19.1. The molecule has 0 spiro atoms. The number of carbonyl (C=O) groups excluding carboxylic acids is 2. The zero-order valence-corrected chi connectivity index (χ0v) is 19.9. The summed E-state index contributed by atoms with van der Waals surface area (Å²) >= 11 is 0. The largest absolute Gasteiger partial charge is 0.354 e. The summed E-state index contributed by atoms with van der Waals surface area (Å²) in [5, 5.41) is 2.94. The lowest BCUT2D eigenvalue weighted by Crippen LogP contribution is -2.49. The molecule has 0 saturated carbocycles. The van der Waals surface area contributed by atoms with Crippen molar-refractivity contribution in [2.45, 2.75) is 51.6 Å². The maximum Gasteiger partial charge on any atom is 0.242 e. The van der Waals surface area contributed by atoms with E-state index in [0.29, 0.717) is 13.0 Å². The van der Waals surface area contributed by atoms with Gasteiger partial charge in [0.1, 0.15) is 11.9 Å². The number of halogens is 1. The number of benzene rings is 3. The van der Waals surface area contributed by atoms with Gasteiger partial charge in [0.15, 0.2) is 0 Å². The third-order valence-electron chi connectivity index (χ3n) is 5.98. The van der Waals surface area contributed by atoms with E-state index in [9.17, 15) is 14.0 Å². The summed E-state index contributed by atoms with van der Waals surface area (Å²) in [6.07, 6.45) is 1.54. The highest BCUT2D eigenvalue weighted by molar-refractivity contribution is 5.88. The summed E-state index contributed by atoms with van der Waals surface area (Å²) in [4.78, 5) is 28.5.